The molecule has 1 saturated heterocycles. The molecule has 0 unspecified atom stereocenters. The Kier molecular flexibility index (Phi) is 5.25. The van der Waals surface area contributed by atoms with Crippen LogP contribution in [0.15, 0.2) is 17.2 Å². The normalized spacial score (nSPS) is 15.7. The summed E-state index contributed by atoms with van der Waals surface area (Å²) in [7, 11) is 0. The highest BCUT2D eigenvalue weighted by atomic mass is 16.2. The van der Waals surface area contributed by atoms with Crippen molar-refractivity contribution in [1.82, 2.24) is 24.6 Å². The number of hydrogen-bond acceptors (Lipinski definition) is 4. The molecule has 0 atom stereocenters. The highest BCUT2D eigenvalue weighted by Crippen LogP contribution is 2.22. The van der Waals surface area contributed by atoms with E-state index in [4.69, 9.17) is 0 Å². The number of carbonyl (C=O) groups excluding carboxylic acids is 1. The lowest BCUT2D eigenvalue weighted by Gasteiger charge is -2.32. The lowest BCUT2D eigenvalue weighted by Crippen LogP contribution is -2.40. The molecule has 1 aliphatic heterocycles. The van der Waals surface area contributed by atoms with Gasteiger partial charge in [0, 0.05) is 31.4 Å². The molecule has 3 heterocycles. The van der Waals surface area contributed by atoms with Gasteiger partial charge in [0.2, 0.25) is 0 Å². The maximum absolute atomic E-state index is 12.7. The second kappa shape index (κ2) is 7.43. The molecule has 1 aliphatic rings. The van der Waals surface area contributed by atoms with E-state index in [1.54, 1.807) is 17.0 Å². The Balaban J connectivity index is 1.61. The van der Waals surface area contributed by atoms with Crippen LogP contribution in [0, 0.1) is 19.8 Å². The van der Waals surface area contributed by atoms with E-state index in [2.05, 4.69) is 15.2 Å². The Morgan fingerprint density at radius 1 is 1.31 bits per heavy atom. The molecule has 1 N–H and O–H groups in total. The van der Waals surface area contributed by atoms with Crippen molar-refractivity contribution in [3.63, 3.8) is 0 Å². The molecule has 7 heteroatoms. The summed E-state index contributed by atoms with van der Waals surface area (Å²) in [6.45, 7) is 9.87. The zero-order chi connectivity index (χ0) is 18.8. The summed E-state index contributed by atoms with van der Waals surface area (Å²) in [5.74, 6) is 0.684. The summed E-state index contributed by atoms with van der Waals surface area (Å²) in [5, 5.41) is 6.99. The summed E-state index contributed by atoms with van der Waals surface area (Å²) in [5.41, 5.74) is 3.09. The fraction of sp³-hybridized carbons (Fsp3) is 0.579. The Bertz CT molecular complexity index is 824. The highest BCUT2D eigenvalue weighted by Gasteiger charge is 2.27. The number of nitrogens with zero attached hydrogens (tertiary/aromatic N) is 4. The number of hydrogen-bond donors (Lipinski definition) is 1. The first-order chi connectivity index (χ1) is 12.4. The van der Waals surface area contributed by atoms with Crippen molar-refractivity contribution in [3.05, 3.63) is 45.4 Å². The van der Waals surface area contributed by atoms with Gasteiger partial charge in [-0.15, -0.1) is 0 Å². The quantitative estimate of drug-likeness (QED) is 0.910. The SMILES string of the molecule is Cc1n[nH]c(C)c1C(=O)N1CCC(Cn2cnc(C(C)C)cc2=O)CC1. The van der Waals surface area contributed by atoms with Crippen molar-refractivity contribution in [3.8, 4) is 0 Å². The van der Waals surface area contributed by atoms with Crippen LogP contribution in [0.1, 0.15) is 60.0 Å². The predicted molar refractivity (Wildman–Crippen MR) is 99.3 cm³/mol. The third-order valence-electron chi connectivity index (χ3n) is 5.19. The van der Waals surface area contributed by atoms with Crippen molar-refractivity contribution in [2.24, 2.45) is 5.92 Å². The van der Waals surface area contributed by atoms with Gasteiger partial charge in [0.05, 0.1) is 23.3 Å². The van der Waals surface area contributed by atoms with E-state index in [-0.39, 0.29) is 17.4 Å². The number of rotatable bonds is 4. The van der Waals surface area contributed by atoms with E-state index >= 15 is 0 Å². The van der Waals surface area contributed by atoms with Gasteiger partial charge in [-0.3, -0.25) is 19.3 Å². The predicted octanol–water partition coefficient (Wildman–Crippen LogP) is 2.26. The molecule has 2 aromatic heterocycles. The Morgan fingerprint density at radius 3 is 2.54 bits per heavy atom. The van der Waals surface area contributed by atoms with Crippen LogP contribution in [0.5, 0.6) is 0 Å². The minimum Gasteiger partial charge on any atom is -0.339 e. The molecule has 3 rings (SSSR count). The van der Waals surface area contributed by atoms with Crippen molar-refractivity contribution < 1.29 is 4.79 Å². The lowest BCUT2D eigenvalue weighted by molar-refractivity contribution is 0.0681. The standard InChI is InChI=1S/C19H27N5O2/c1-12(2)16-9-17(25)24(11-20-16)10-15-5-7-23(8-6-15)19(26)18-13(3)21-22-14(18)4/h9,11-12,15H,5-8,10H2,1-4H3,(H,21,22). The molecular formula is C19H27N5O2. The molecule has 0 radical (unpaired) electrons. The summed E-state index contributed by atoms with van der Waals surface area (Å²) in [4.78, 5) is 31.3. The monoisotopic (exact) mass is 357 g/mol. The zero-order valence-electron chi connectivity index (χ0n) is 16.0. The molecule has 140 valence electrons. The molecule has 0 bridgehead atoms. The van der Waals surface area contributed by atoms with E-state index in [0.29, 0.717) is 31.1 Å². The van der Waals surface area contributed by atoms with E-state index in [0.717, 1.165) is 29.9 Å². The average molecular weight is 357 g/mol. The van der Waals surface area contributed by atoms with Crippen LogP contribution < -0.4 is 5.56 Å². The molecule has 1 fully saturated rings. The van der Waals surface area contributed by atoms with E-state index < -0.39 is 0 Å². The van der Waals surface area contributed by atoms with Gasteiger partial charge in [0.25, 0.3) is 11.5 Å². The van der Waals surface area contributed by atoms with Crippen LogP contribution >= 0.6 is 0 Å². The topological polar surface area (TPSA) is 83.9 Å². The second-order valence-corrected chi connectivity index (χ2v) is 7.50. The number of piperidine rings is 1. The van der Waals surface area contributed by atoms with Crippen molar-refractivity contribution >= 4 is 5.91 Å². The largest absolute Gasteiger partial charge is 0.339 e. The fourth-order valence-electron chi connectivity index (χ4n) is 3.51. The number of aryl methyl sites for hydroxylation is 2. The Hall–Kier alpha value is -2.44. The molecule has 7 nitrogen and oxygen atoms in total. The molecule has 0 spiro atoms. The van der Waals surface area contributed by atoms with Gasteiger partial charge >= 0.3 is 0 Å². The van der Waals surface area contributed by atoms with Crippen LogP contribution in [-0.4, -0.2) is 43.6 Å². The number of H-pyrrole nitrogens is 1. The van der Waals surface area contributed by atoms with Gasteiger partial charge in [0.1, 0.15) is 0 Å². The summed E-state index contributed by atoms with van der Waals surface area (Å²) in [6, 6.07) is 1.63. The van der Waals surface area contributed by atoms with Crippen molar-refractivity contribution in [1.29, 1.82) is 0 Å². The minimum absolute atomic E-state index is 0.00635. The van der Waals surface area contributed by atoms with Gasteiger partial charge in [-0.25, -0.2) is 4.98 Å². The minimum atomic E-state index is 0.00635. The maximum atomic E-state index is 12.7. The average Bonchev–Trinajstić information content (AvgIpc) is 2.95. The van der Waals surface area contributed by atoms with Gasteiger partial charge in [0.15, 0.2) is 0 Å². The third kappa shape index (κ3) is 3.71. The highest BCUT2D eigenvalue weighted by molar-refractivity contribution is 5.96. The van der Waals surface area contributed by atoms with Crippen LogP contribution in [0.3, 0.4) is 0 Å². The maximum Gasteiger partial charge on any atom is 0.257 e. The lowest BCUT2D eigenvalue weighted by atomic mass is 9.96. The zero-order valence-corrected chi connectivity index (χ0v) is 16.0. The Labute approximate surface area is 153 Å². The molecule has 1 amide bonds. The molecular weight excluding hydrogens is 330 g/mol. The molecule has 0 saturated carbocycles. The van der Waals surface area contributed by atoms with Crippen LogP contribution in [-0.2, 0) is 6.54 Å². The van der Waals surface area contributed by atoms with Gasteiger partial charge in [-0.1, -0.05) is 13.8 Å². The molecule has 0 aliphatic carbocycles. The van der Waals surface area contributed by atoms with Crippen molar-refractivity contribution in [2.45, 2.75) is 53.0 Å². The van der Waals surface area contributed by atoms with E-state index in [1.807, 2.05) is 32.6 Å². The molecule has 0 aromatic carbocycles. The van der Waals surface area contributed by atoms with E-state index in [9.17, 15) is 9.59 Å². The number of nitrogens with one attached hydrogen (secondary N) is 1. The first-order valence-corrected chi connectivity index (χ1v) is 9.24. The van der Waals surface area contributed by atoms with Gasteiger partial charge in [-0.05, 0) is 38.5 Å². The number of likely N-dealkylation sites (tertiary alicyclic amines) is 1. The van der Waals surface area contributed by atoms with Crippen LogP contribution in [0.25, 0.3) is 0 Å². The second-order valence-electron chi connectivity index (χ2n) is 7.50. The first kappa shape index (κ1) is 18.4. The third-order valence-corrected chi connectivity index (χ3v) is 5.19. The number of carbonyl (C=O) groups is 1. The number of aromatic nitrogens is 4. The molecule has 2 aromatic rings. The van der Waals surface area contributed by atoms with Crippen LogP contribution in [0.2, 0.25) is 0 Å². The molecule has 26 heavy (non-hydrogen) atoms. The van der Waals surface area contributed by atoms with Gasteiger partial charge < -0.3 is 4.90 Å². The number of aromatic amines is 1. The number of amides is 1. The summed E-state index contributed by atoms with van der Waals surface area (Å²) >= 11 is 0. The fourth-order valence-corrected chi connectivity index (χ4v) is 3.51. The van der Waals surface area contributed by atoms with Gasteiger partial charge in [-0.2, -0.15) is 5.10 Å². The first-order valence-electron chi connectivity index (χ1n) is 9.24. The summed E-state index contributed by atoms with van der Waals surface area (Å²) < 4.78 is 1.69. The van der Waals surface area contributed by atoms with E-state index in [1.165, 1.54) is 0 Å². The summed E-state index contributed by atoms with van der Waals surface area (Å²) in [6.07, 6.45) is 3.44. The van der Waals surface area contributed by atoms with Crippen LogP contribution in [0.4, 0.5) is 0 Å². The van der Waals surface area contributed by atoms with Crippen molar-refractivity contribution in [2.75, 3.05) is 13.1 Å². The Morgan fingerprint density at radius 2 is 2.00 bits per heavy atom. The smallest absolute Gasteiger partial charge is 0.257 e.